The fourth-order valence-electron chi connectivity index (χ4n) is 2.38. The van der Waals surface area contributed by atoms with E-state index in [1.807, 2.05) is 31.2 Å². The van der Waals surface area contributed by atoms with Gasteiger partial charge in [-0.2, -0.15) is 0 Å². The molecule has 1 atom stereocenters. The number of hydrogen-bond donors (Lipinski definition) is 0. The molecule has 0 N–H and O–H groups in total. The summed E-state index contributed by atoms with van der Waals surface area (Å²) in [5.41, 5.74) is 0.896. The van der Waals surface area contributed by atoms with Gasteiger partial charge in [0.25, 0.3) is 5.91 Å². The molecule has 0 spiro atoms. The van der Waals surface area contributed by atoms with Gasteiger partial charge >= 0.3 is 0 Å². The number of fused-ring (bicyclic) bond motifs is 1. The van der Waals surface area contributed by atoms with Gasteiger partial charge in [0.2, 0.25) is 0 Å². The second-order valence-corrected chi connectivity index (χ2v) is 6.71. The first-order valence-electron chi connectivity index (χ1n) is 7.67. The minimum Gasteiger partial charge on any atom is -0.481 e. The quantitative estimate of drug-likeness (QED) is 0.658. The van der Waals surface area contributed by atoms with E-state index in [1.54, 1.807) is 36.1 Å². The highest BCUT2D eigenvalue weighted by atomic mass is 35.5. The van der Waals surface area contributed by atoms with Gasteiger partial charge in [0.15, 0.2) is 11.2 Å². The fraction of sp³-hybridized carbons (Fsp3) is 0.222. The smallest absolute Gasteiger partial charge is 0.269 e. The first kappa shape index (κ1) is 16.7. The minimum atomic E-state index is -0.629. The van der Waals surface area contributed by atoms with Crippen molar-refractivity contribution in [2.45, 2.75) is 20.0 Å². The van der Waals surface area contributed by atoms with E-state index in [9.17, 15) is 4.79 Å². The highest BCUT2D eigenvalue weighted by Gasteiger charge is 2.24. The van der Waals surface area contributed by atoms with Crippen LogP contribution in [0.5, 0.6) is 5.75 Å². The average Bonchev–Trinajstić information content (AvgIpc) is 2.99. The van der Waals surface area contributed by atoms with Crippen molar-refractivity contribution in [3.8, 4) is 5.75 Å². The lowest BCUT2D eigenvalue weighted by atomic mass is 10.3. The Labute approximate surface area is 149 Å². The molecule has 6 heteroatoms. The van der Waals surface area contributed by atoms with E-state index in [-0.39, 0.29) is 5.91 Å². The molecule has 0 saturated carbocycles. The van der Waals surface area contributed by atoms with Gasteiger partial charge in [0.05, 0.1) is 10.2 Å². The van der Waals surface area contributed by atoms with E-state index in [1.165, 1.54) is 11.3 Å². The Hall–Kier alpha value is -2.11. The summed E-state index contributed by atoms with van der Waals surface area (Å²) in [5.74, 6) is 0.445. The number of likely N-dealkylation sites (N-methyl/N-ethyl adjacent to an activating group) is 1. The predicted octanol–water partition coefficient (Wildman–Crippen LogP) is 4.77. The number of amides is 1. The third-order valence-electron chi connectivity index (χ3n) is 3.55. The van der Waals surface area contributed by atoms with Crippen LogP contribution < -0.4 is 9.64 Å². The molecule has 0 bridgehead atoms. The fourth-order valence-corrected chi connectivity index (χ4v) is 3.59. The van der Waals surface area contributed by atoms with Crippen molar-refractivity contribution in [2.24, 2.45) is 0 Å². The van der Waals surface area contributed by atoms with Crippen LogP contribution in [-0.2, 0) is 4.79 Å². The number of halogens is 1. The van der Waals surface area contributed by atoms with Crippen molar-refractivity contribution >= 4 is 44.2 Å². The molecule has 0 fully saturated rings. The molecule has 24 heavy (non-hydrogen) atoms. The third-order valence-corrected chi connectivity index (χ3v) is 4.85. The van der Waals surface area contributed by atoms with Crippen LogP contribution in [0.4, 0.5) is 5.13 Å². The number of benzene rings is 2. The first-order chi connectivity index (χ1) is 11.6. The molecule has 3 aromatic rings. The normalized spacial score (nSPS) is 12.1. The number of rotatable bonds is 5. The van der Waals surface area contributed by atoms with E-state index in [2.05, 4.69) is 4.98 Å². The van der Waals surface area contributed by atoms with Crippen LogP contribution in [0.2, 0.25) is 5.02 Å². The minimum absolute atomic E-state index is 0.128. The van der Waals surface area contributed by atoms with Crippen molar-refractivity contribution in [3.05, 3.63) is 53.6 Å². The maximum Gasteiger partial charge on any atom is 0.269 e. The molecule has 1 heterocycles. The third kappa shape index (κ3) is 3.52. The molecule has 2 aromatic carbocycles. The first-order valence-corrected chi connectivity index (χ1v) is 8.87. The van der Waals surface area contributed by atoms with E-state index in [0.29, 0.717) is 22.4 Å². The van der Waals surface area contributed by atoms with Gasteiger partial charge in [-0.15, -0.1) is 0 Å². The number of carbonyl (C=O) groups excluding carboxylic acids is 1. The zero-order valence-corrected chi connectivity index (χ0v) is 15.0. The standard InChI is InChI=1S/C18H17ClN2O2S/c1-3-21(18-20-15-9-4-5-10-16(15)24-18)17(22)12(2)23-14-8-6-7-13(19)11-14/h4-12H,3H2,1-2H3. The second kappa shape index (κ2) is 7.20. The number of hydrogen-bond acceptors (Lipinski definition) is 4. The largest absolute Gasteiger partial charge is 0.481 e. The lowest BCUT2D eigenvalue weighted by Gasteiger charge is -2.22. The van der Waals surface area contributed by atoms with Crippen LogP contribution in [0.15, 0.2) is 48.5 Å². The molecule has 4 nitrogen and oxygen atoms in total. The maximum atomic E-state index is 12.8. The Morgan fingerprint density at radius 1 is 1.29 bits per heavy atom. The Morgan fingerprint density at radius 2 is 2.08 bits per heavy atom. The van der Waals surface area contributed by atoms with Gasteiger partial charge < -0.3 is 4.74 Å². The maximum absolute atomic E-state index is 12.8. The zero-order chi connectivity index (χ0) is 17.1. The van der Waals surface area contributed by atoms with Gasteiger partial charge in [0, 0.05) is 11.6 Å². The molecule has 1 unspecified atom stereocenters. The van der Waals surface area contributed by atoms with Crippen LogP contribution >= 0.6 is 22.9 Å². The lowest BCUT2D eigenvalue weighted by Crippen LogP contribution is -2.40. The number of carbonyl (C=O) groups is 1. The topological polar surface area (TPSA) is 42.4 Å². The molecule has 1 amide bonds. The van der Waals surface area contributed by atoms with Gasteiger partial charge in [0.1, 0.15) is 5.75 Å². The molecule has 0 radical (unpaired) electrons. The molecule has 0 aliphatic carbocycles. The molecular weight excluding hydrogens is 344 g/mol. The second-order valence-electron chi connectivity index (χ2n) is 5.26. The van der Waals surface area contributed by atoms with Crippen LogP contribution in [-0.4, -0.2) is 23.5 Å². The van der Waals surface area contributed by atoms with Crippen LogP contribution in [0.25, 0.3) is 10.2 Å². The van der Waals surface area contributed by atoms with Crippen molar-refractivity contribution in [2.75, 3.05) is 11.4 Å². The highest BCUT2D eigenvalue weighted by Crippen LogP contribution is 2.29. The van der Waals surface area contributed by atoms with E-state index in [0.717, 1.165) is 10.2 Å². The van der Waals surface area contributed by atoms with Crippen molar-refractivity contribution in [3.63, 3.8) is 0 Å². The van der Waals surface area contributed by atoms with Crippen molar-refractivity contribution in [1.82, 2.24) is 4.98 Å². The molecule has 0 aliphatic heterocycles. The number of thiazole rings is 1. The van der Waals surface area contributed by atoms with Gasteiger partial charge in [-0.05, 0) is 44.2 Å². The van der Waals surface area contributed by atoms with E-state index < -0.39 is 6.10 Å². The average molecular weight is 361 g/mol. The summed E-state index contributed by atoms with van der Waals surface area (Å²) in [5, 5.41) is 1.26. The van der Waals surface area contributed by atoms with Crippen LogP contribution in [0, 0.1) is 0 Å². The van der Waals surface area contributed by atoms with Gasteiger partial charge in [-0.1, -0.05) is 41.1 Å². The van der Waals surface area contributed by atoms with Crippen LogP contribution in [0.3, 0.4) is 0 Å². The van der Waals surface area contributed by atoms with Gasteiger partial charge in [-0.3, -0.25) is 9.69 Å². The summed E-state index contributed by atoms with van der Waals surface area (Å²) in [6, 6.07) is 14.9. The summed E-state index contributed by atoms with van der Waals surface area (Å²) in [6.45, 7) is 4.19. The molecule has 124 valence electrons. The lowest BCUT2D eigenvalue weighted by molar-refractivity contribution is -0.124. The van der Waals surface area contributed by atoms with Gasteiger partial charge in [-0.25, -0.2) is 4.98 Å². The van der Waals surface area contributed by atoms with E-state index >= 15 is 0 Å². The number of aromatic nitrogens is 1. The van der Waals surface area contributed by atoms with Crippen molar-refractivity contribution in [1.29, 1.82) is 0 Å². The number of para-hydroxylation sites is 1. The van der Waals surface area contributed by atoms with Crippen molar-refractivity contribution < 1.29 is 9.53 Å². The molecule has 0 saturated heterocycles. The number of ether oxygens (including phenoxy) is 1. The molecule has 0 aliphatic rings. The number of nitrogens with zero attached hydrogens (tertiary/aromatic N) is 2. The zero-order valence-electron chi connectivity index (χ0n) is 13.4. The Balaban J connectivity index is 1.80. The number of anilines is 1. The van der Waals surface area contributed by atoms with Crippen LogP contribution in [0.1, 0.15) is 13.8 Å². The molecule has 3 rings (SSSR count). The summed E-state index contributed by atoms with van der Waals surface area (Å²) >= 11 is 7.46. The SMILES string of the molecule is CCN(C(=O)C(C)Oc1cccc(Cl)c1)c1nc2ccccc2s1. The highest BCUT2D eigenvalue weighted by molar-refractivity contribution is 7.22. The Kier molecular flexibility index (Phi) is 5.02. The van der Waals surface area contributed by atoms with E-state index in [4.69, 9.17) is 16.3 Å². The molecular formula is C18H17ClN2O2S. The summed E-state index contributed by atoms with van der Waals surface area (Å²) in [4.78, 5) is 19.0. The monoisotopic (exact) mass is 360 g/mol. The summed E-state index contributed by atoms with van der Waals surface area (Å²) in [7, 11) is 0. The Bertz CT molecular complexity index is 832. The predicted molar refractivity (Wildman–Crippen MR) is 99.2 cm³/mol. The Morgan fingerprint density at radius 3 is 2.79 bits per heavy atom. The molecule has 1 aromatic heterocycles. The summed E-state index contributed by atoms with van der Waals surface area (Å²) < 4.78 is 6.79. The summed E-state index contributed by atoms with van der Waals surface area (Å²) in [6.07, 6.45) is -0.629.